The highest BCUT2D eigenvalue weighted by Gasteiger charge is 2.07. The van der Waals surface area contributed by atoms with Gasteiger partial charge in [0.1, 0.15) is 0 Å². The molecule has 2 N–H and O–H groups in total. The Labute approximate surface area is 120 Å². The van der Waals surface area contributed by atoms with E-state index in [0.717, 1.165) is 10.9 Å². The van der Waals surface area contributed by atoms with Gasteiger partial charge in [0, 0.05) is 30.0 Å². The molecule has 1 amide bonds. The van der Waals surface area contributed by atoms with Crippen molar-refractivity contribution in [2.45, 2.75) is 6.54 Å². The summed E-state index contributed by atoms with van der Waals surface area (Å²) in [7, 11) is 0. The van der Waals surface area contributed by atoms with E-state index < -0.39 is 0 Å². The zero-order valence-electron chi connectivity index (χ0n) is 11.2. The summed E-state index contributed by atoms with van der Waals surface area (Å²) in [5.41, 5.74) is 1.57. The summed E-state index contributed by atoms with van der Waals surface area (Å²) in [5, 5.41) is 3.65. The molecule has 0 aliphatic rings. The molecule has 104 valence electrons. The normalized spacial score (nSPS) is 10.5. The summed E-state index contributed by atoms with van der Waals surface area (Å²) >= 11 is 0. The summed E-state index contributed by atoms with van der Waals surface area (Å²) in [6.07, 6.45) is 3.09. The van der Waals surface area contributed by atoms with Crippen molar-refractivity contribution in [3.63, 3.8) is 0 Å². The van der Waals surface area contributed by atoms with Crippen LogP contribution < -0.4 is 10.9 Å². The number of H-pyrrole nitrogens is 1. The zero-order valence-corrected chi connectivity index (χ0v) is 11.2. The van der Waals surface area contributed by atoms with Crippen LogP contribution in [0.1, 0.15) is 15.9 Å². The Morgan fingerprint density at radius 3 is 2.86 bits per heavy atom. The summed E-state index contributed by atoms with van der Waals surface area (Å²) < 4.78 is 0. The van der Waals surface area contributed by atoms with E-state index in [1.54, 1.807) is 24.4 Å². The fourth-order valence-corrected chi connectivity index (χ4v) is 2.10. The lowest BCUT2D eigenvalue weighted by molar-refractivity contribution is 0.0950. The first-order valence-electron chi connectivity index (χ1n) is 6.53. The van der Waals surface area contributed by atoms with Crippen molar-refractivity contribution >= 4 is 16.8 Å². The van der Waals surface area contributed by atoms with Crippen molar-refractivity contribution in [2.24, 2.45) is 0 Å². The predicted molar refractivity (Wildman–Crippen MR) is 80.0 cm³/mol. The third-order valence-corrected chi connectivity index (χ3v) is 3.19. The number of aromatic nitrogens is 2. The van der Waals surface area contributed by atoms with E-state index in [0.29, 0.717) is 11.1 Å². The number of nitrogens with zero attached hydrogens (tertiary/aromatic N) is 1. The lowest BCUT2D eigenvalue weighted by Gasteiger charge is -2.06. The molecule has 2 heterocycles. The lowest BCUT2D eigenvalue weighted by Crippen LogP contribution is -2.26. The van der Waals surface area contributed by atoms with Crippen LogP contribution in [-0.2, 0) is 6.54 Å². The molecule has 0 unspecified atom stereocenters. The van der Waals surface area contributed by atoms with E-state index in [4.69, 9.17) is 0 Å². The summed E-state index contributed by atoms with van der Waals surface area (Å²) in [6.45, 7) is 0.174. The predicted octanol–water partition coefficient (Wildman–Crippen LogP) is 1.85. The average molecular weight is 279 g/mol. The highest BCUT2D eigenvalue weighted by molar-refractivity contribution is 5.93. The molecule has 21 heavy (non-hydrogen) atoms. The first kappa shape index (κ1) is 13.1. The second kappa shape index (κ2) is 5.58. The quantitative estimate of drug-likeness (QED) is 0.768. The van der Waals surface area contributed by atoms with Crippen molar-refractivity contribution < 1.29 is 4.79 Å². The second-order valence-electron chi connectivity index (χ2n) is 4.64. The SMILES string of the molecule is O=C(NCc1cc2ccccc2[nH]c1=O)c1cccnc1. The number of pyridine rings is 2. The minimum atomic E-state index is -0.254. The molecule has 0 radical (unpaired) electrons. The van der Waals surface area contributed by atoms with Gasteiger partial charge < -0.3 is 10.3 Å². The smallest absolute Gasteiger partial charge is 0.253 e. The van der Waals surface area contributed by atoms with Crippen LogP contribution >= 0.6 is 0 Å². The van der Waals surface area contributed by atoms with Crippen LogP contribution in [0.25, 0.3) is 10.9 Å². The molecule has 3 aromatic rings. The average Bonchev–Trinajstić information content (AvgIpc) is 2.53. The number of carbonyl (C=O) groups is 1. The Morgan fingerprint density at radius 2 is 2.05 bits per heavy atom. The molecule has 0 atom stereocenters. The molecule has 0 saturated heterocycles. The van der Waals surface area contributed by atoms with E-state index in [9.17, 15) is 9.59 Å². The Balaban J connectivity index is 1.81. The molecule has 1 aromatic carbocycles. The van der Waals surface area contributed by atoms with Crippen molar-refractivity contribution in [2.75, 3.05) is 0 Å². The van der Waals surface area contributed by atoms with Gasteiger partial charge in [0.05, 0.1) is 5.56 Å². The number of para-hydroxylation sites is 1. The fourth-order valence-electron chi connectivity index (χ4n) is 2.10. The van der Waals surface area contributed by atoms with Gasteiger partial charge in [-0.3, -0.25) is 14.6 Å². The van der Waals surface area contributed by atoms with E-state index in [-0.39, 0.29) is 18.0 Å². The first-order chi connectivity index (χ1) is 10.2. The Kier molecular flexibility index (Phi) is 3.47. The van der Waals surface area contributed by atoms with Gasteiger partial charge in [0.2, 0.25) is 0 Å². The number of carbonyl (C=O) groups excluding carboxylic acids is 1. The van der Waals surface area contributed by atoms with Gasteiger partial charge >= 0.3 is 0 Å². The van der Waals surface area contributed by atoms with Gasteiger partial charge in [-0.05, 0) is 29.7 Å². The summed E-state index contributed by atoms with van der Waals surface area (Å²) in [4.78, 5) is 30.6. The maximum Gasteiger partial charge on any atom is 0.253 e. The number of benzene rings is 1. The molecule has 5 heteroatoms. The number of hydrogen-bond acceptors (Lipinski definition) is 3. The van der Waals surface area contributed by atoms with Gasteiger partial charge in [0.15, 0.2) is 0 Å². The van der Waals surface area contributed by atoms with Crippen LogP contribution in [0.3, 0.4) is 0 Å². The van der Waals surface area contributed by atoms with Crippen LogP contribution in [-0.4, -0.2) is 15.9 Å². The Bertz CT molecular complexity index is 841. The van der Waals surface area contributed by atoms with Crippen LogP contribution in [0.5, 0.6) is 0 Å². The van der Waals surface area contributed by atoms with Crippen LogP contribution in [0.4, 0.5) is 0 Å². The number of aromatic amines is 1. The van der Waals surface area contributed by atoms with E-state index in [1.807, 2.05) is 24.3 Å². The van der Waals surface area contributed by atoms with Crippen molar-refractivity contribution in [1.82, 2.24) is 15.3 Å². The van der Waals surface area contributed by atoms with Crippen LogP contribution in [0.15, 0.2) is 59.7 Å². The monoisotopic (exact) mass is 279 g/mol. The standard InChI is InChI=1S/C16H13N3O2/c20-15(12-5-3-7-17-9-12)18-10-13-8-11-4-1-2-6-14(11)19-16(13)21/h1-9H,10H2,(H,18,20)(H,19,21). The van der Waals surface area contributed by atoms with Crippen molar-refractivity contribution in [1.29, 1.82) is 0 Å². The largest absolute Gasteiger partial charge is 0.348 e. The van der Waals surface area contributed by atoms with Crippen molar-refractivity contribution in [3.8, 4) is 0 Å². The van der Waals surface area contributed by atoms with Gasteiger partial charge in [-0.1, -0.05) is 18.2 Å². The number of hydrogen-bond donors (Lipinski definition) is 2. The first-order valence-corrected chi connectivity index (χ1v) is 6.53. The molecule has 5 nitrogen and oxygen atoms in total. The Hall–Kier alpha value is -2.95. The lowest BCUT2D eigenvalue weighted by atomic mass is 10.1. The second-order valence-corrected chi connectivity index (χ2v) is 4.64. The molecule has 0 saturated carbocycles. The minimum Gasteiger partial charge on any atom is -0.348 e. The fraction of sp³-hybridized carbons (Fsp3) is 0.0625. The molecular formula is C16H13N3O2. The Morgan fingerprint density at radius 1 is 1.19 bits per heavy atom. The highest BCUT2D eigenvalue weighted by Crippen LogP contribution is 2.10. The number of nitrogens with one attached hydrogen (secondary N) is 2. The molecule has 3 rings (SSSR count). The van der Waals surface area contributed by atoms with Gasteiger partial charge in [0.25, 0.3) is 11.5 Å². The van der Waals surface area contributed by atoms with Gasteiger partial charge in [-0.25, -0.2) is 0 Å². The van der Waals surface area contributed by atoms with E-state index >= 15 is 0 Å². The number of rotatable bonds is 3. The number of fused-ring (bicyclic) bond motifs is 1. The highest BCUT2D eigenvalue weighted by atomic mass is 16.1. The third kappa shape index (κ3) is 2.81. The molecule has 0 fully saturated rings. The molecule has 0 aliphatic heterocycles. The molecule has 0 aliphatic carbocycles. The molecule has 2 aromatic heterocycles. The zero-order chi connectivity index (χ0) is 14.7. The van der Waals surface area contributed by atoms with Crippen LogP contribution in [0, 0.1) is 0 Å². The van der Waals surface area contributed by atoms with Crippen molar-refractivity contribution in [3.05, 3.63) is 76.3 Å². The van der Waals surface area contributed by atoms with Crippen LogP contribution in [0.2, 0.25) is 0 Å². The van der Waals surface area contributed by atoms with E-state index in [2.05, 4.69) is 15.3 Å². The molecule has 0 spiro atoms. The van der Waals surface area contributed by atoms with E-state index in [1.165, 1.54) is 6.20 Å². The minimum absolute atomic E-state index is 0.174. The molecular weight excluding hydrogens is 266 g/mol. The summed E-state index contributed by atoms with van der Waals surface area (Å²) in [5.74, 6) is -0.254. The maximum atomic E-state index is 12.0. The van der Waals surface area contributed by atoms with Gasteiger partial charge in [-0.15, -0.1) is 0 Å². The topological polar surface area (TPSA) is 74.8 Å². The summed E-state index contributed by atoms with van der Waals surface area (Å²) in [6, 6.07) is 12.7. The maximum absolute atomic E-state index is 12.0. The third-order valence-electron chi connectivity index (χ3n) is 3.19. The molecule has 0 bridgehead atoms. The van der Waals surface area contributed by atoms with Gasteiger partial charge in [-0.2, -0.15) is 0 Å². The number of amides is 1.